The first-order valence-corrected chi connectivity index (χ1v) is 6.11. The highest BCUT2D eigenvalue weighted by atomic mass is 79.9. The number of benzene rings is 2. The number of anilines is 1. The van der Waals surface area contributed by atoms with Crippen molar-refractivity contribution in [1.82, 2.24) is 0 Å². The number of carbonyl (C=O) groups is 2. The first kappa shape index (κ1) is 12.5. The minimum Gasteiger partial charge on any atom is -0.321 e. The van der Waals surface area contributed by atoms with Crippen LogP contribution in [-0.4, -0.2) is 12.2 Å². The summed E-state index contributed by atoms with van der Waals surface area (Å²) in [5.74, 6) is -0.239. The van der Waals surface area contributed by atoms with E-state index in [0.29, 0.717) is 23.1 Å². The molecule has 0 aliphatic carbocycles. The van der Waals surface area contributed by atoms with Gasteiger partial charge in [0.1, 0.15) is 0 Å². The van der Waals surface area contributed by atoms with Crippen LogP contribution in [0.2, 0.25) is 0 Å². The van der Waals surface area contributed by atoms with E-state index >= 15 is 0 Å². The lowest BCUT2D eigenvalue weighted by Gasteiger charge is -2.08. The lowest BCUT2D eigenvalue weighted by atomic mass is 10.1. The van der Waals surface area contributed by atoms with E-state index in [2.05, 4.69) is 21.2 Å². The highest BCUT2D eigenvalue weighted by Gasteiger charge is 2.08. The number of amides is 1. The van der Waals surface area contributed by atoms with Crippen LogP contribution in [0, 0.1) is 0 Å². The zero-order chi connectivity index (χ0) is 13.0. The van der Waals surface area contributed by atoms with Gasteiger partial charge < -0.3 is 5.32 Å². The average Bonchev–Trinajstić information content (AvgIpc) is 2.40. The first-order valence-electron chi connectivity index (χ1n) is 5.32. The molecule has 0 heterocycles. The maximum atomic E-state index is 12.0. The Morgan fingerprint density at radius 2 is 1.83 bits per heavy atom. The predicted octanol–water partition coefficient (Wildman–Crippen LogP) is 3.51. The molecule has 1 amide bonds. The van der Waals surface area contributed by atoms with Gasteiger partial charge in [-0.1, -0.05) is 34.1 Å². The number of nitrogens with one attached hydrogen (secondary N) is 1. The van der Waals surface area contributed by atoms with Crippen LogP contribution in [0.4, 0.5) is 5.69 Å². The van der Waals surface area contributed by atoms with Crippen LogP contribution in [0.3, 0.4) is 0 Å². The Hall–Kier alpha value is -1.94. The highest BCUT2D eigenvalue weighted by Crippen LogP contribution is 2.20. The summed E-state index contributed by atoms with van der Waals surface area (Å²) in [5.41, 5.74) is 1.49. The molecule has 0 atom stereocenters. The number of hydrogen-bond donors (Lipinski definition) is 1. The smallest absolute Gasteiger partial charge is 0.255 e. The molecular formula is C14H10BrNO2. The monoisotopic (exact) mass is 303 g/mol. The fraction of sp³-hybridized carbons (Fsp3) is 0. The van der Waals surface area contributed by atoms with Crippen molar-refractivity contribution in [2.24, 2.45) is 0 Å². The quantitative estimate of drug-likeness (QED) is 0.882. The summed E-state index contributed by atoms with van der Waals surface area (Å²) in [5, 5.41) is 2.72. The van der Waals surface area contributed by atoms with Crippen molar-refractivity contribution in [3.63, 3.8) is 0 Å². The van der Waals surface area contributed by atoms with Gasteiger partial charge in [0.25, 0.3) is 5.91 Å². The molecule has 0 fully saturated rings. The van der Waals surface area contributed by atoms with Crippen LogP contribution < -0.4 is 5.32 Å². The Labute approximate surface area is 113 Å². The average molecular weight is 304 g/mol. The van der Waals surface area contributed by atoms with Crippen molar-refractivity contribution in [3.05, 3.63) is 64.1 Å². The molecule has 90 valence electrons. The van der Waals surface area contributed by atoms with E-state index in [1.165, 1.54) is 0 Å². The van der Waals surface area contributed by atoms with Crippen LogP contribution in [0.5, 0.6) is 0 Å². The molecule has 2 aromatic carbocycles. The van der Waals surface area contributed by atoms with Gasteiger partial charge in [-0.15, -0.1) is 0 Å². The topological polar surface area (TPSA) is 46.2 Å². The molecule has 0 aliphatic rings. The van der Waals surface area contributed by atoms with Crippen molar-refractivity contribution in [3.8, 4) is 0 Å². The fourth-order valence-corrected chi connectivity index (χ4v) is 1.88. The van der Waals surface area contributed by atoms with Gasteiger partial charge in [0.15, 0.2) is 6.29 Å². The minimum absolute atomic E-state index is 0.239. The van der Waals surface area contributed by atoms with Crippen molar-refractivity contribution in [2.75, 3.05) is 5.32 Å². The van der Waals surface area contributed by atoms with E-state index < -0.39 is 0 Å². The van der Waals surface area contributed by atoms with Gasteiger partial charge in [0.05, 0.1) is 5.69 Å². The molecular weight excluding hydrogens is 294 g/mol. The Balaban J connectivity index is 2.27. The van der Waals surface area contributed by atoms with Gasteiger partial charge in [-0.05, 0) is 30.3 Å². The second-order valence-corrected chi connectivity index (χ2v) is 4.59. The molecule has 0 spiro atoms. The molecule has 2 aromatic rings. The predicted molar refractivity (Wildman–Crippen MR) is 73.9 cm³/mol. The van der Waals surface area contributed by atoms with Crippen molar-refractivity contribution >= 4 is 33.8 Å². The second kappa shape index (κ2) is 5.60. The fourth-order valence-electron chi connectivity index (χ4n) is 1.52. The standard InChI is InChI=1S/C14H10BrNO2/c15-12-7-6-11(9-17)13(8-12)16-14(18)10-4-2-1-3-5-10/h1-9H,(H,16,18). The molecule has 0 unspecified atom stereocenters. The molecule has 0 aliphatic heterocycles. The van der Waals surface area contributed by atoms with Gasteiger partial charge in [-0.3, -0.25) is 9.59 Å². The summed E-state index contributed by atoms with van der Waals surface area (Å²) >= 11 is 3.30. The third kappa shape index (κ3) is 2.84. The molecule has 0 aromatic heterocycles. The molecule has 0 bridgehead atoms. The molecule has 3 nitrogen and oxygen atoms in total. The highest BCUT2D eigenvalue weighted by molar-refractivity contribution is 9.10. The van der Waals surface area contributed by atoms with Gasteiger partial charge >= 0.3 is 0 Å². The molecule has 1 N–H and O–H groups in total. The Kier molecular flexibility index (Phi) is 3.89. The van der Waals surface area contributed by atoms with Gasteiger partial charge in [-0.25, -0.2) is 0 Å². The van der Waals surface area contributed by atoms with E-state index in [9.17, 15) is 9.59 Å². The molecule has 18 heavy (non-hydrogen) atoms. The van der Waals surface area contributed by atoms with E-state index in [1.54, 1.807) is 42.5 Å². The number of halogens is 1. The van der Waals surface area contributed by atoms with E-state index in [1.807, 2.05) is 6.07 Å². The van der Waals surface area contributed by atoms with Gasteiger partial charge in [0, 0.05) is 15.6 Å². The van der Waals surface area contributed by atoms with Gasteiger partial charge in [0.2, 0.25) is 0 Å². The lowest BCUT2D eigenvalue weighted by molar-refractivity contribution is 0.102. The molecule has 0 saturated carbocycles. The molecule has 0 saturated heterocycles. The summed E-state index contributed by atoms with van der Waals surface area (Å²) in [6.07, 6.45) is 0.715. The molecule has 0 radical (unpaired) electrons. The van der Waals surface area contributed by atoms with E-state index in [-0.39, 0.29) is 5.91 Å². The zero-order valence-electron chi connectivity index (χ0n) is 9.39. The largest absolute Gasteiger partial charge is 0.321 e. The SMILES string of the molecule is O=Cc1ccc(Br)cc1NC(=O)c1ccccc1. The number of rotatable bonds is 3. The molecule has 4 heteroatoms. The van der Waals surface area contributed by atoms with Crippen molar-refractivity contribution in [1.29, 1.82) is 0 Å². The zero-order valence-corrected chi connectivity index (χ0v) is 11.0. The molecule has 2 rings (SSSR count). The first-order chi connectivity index (χ1) is 8.70. The summed E-state index contributed by atoms with van der Waals surface area (Å²) in [7, 11) is 0. The Bertz CT molecular complexity index is 582. The van der Waals surface area contributed by atoms with Crippen LogP contribution in [0.1, 0.15) is 20.7 Å². The number of hydrogen-bond acceptors (Lipinski definition) is 2. The van der Waals surface area contributed by atoms with E-state index in [4.69, 9.17) is 0 Å². The normalized spacial score (nSPS) is 9.83. The van der Waals surface area contributed by atoms with Crippen LogP contribution >= 0.6 is 15.9 Å². The maximum absolute atomic E-state index is 12.0. The summed E-state index contributed by atoms with van der Waals surface area (Å²) in [6, 6.07) is 14.0. The van der Waals surface area contributed by atoms with Crippen molar-refractivity contribution < 1.29 is 9.59 Å². The minimum atomic E-state index is -0.239. The van der Waals surface area contributed by atoms with Gasteiger partial charge in [-0.2, -0.15) is 0 Å². The Morgan fingerprint density at radius 3 is 2.50 bits per heavy atom. The van der Waals surface area contributed by atoms with E-state index in [0.717, 1.165) is 4.47 Å². The van der Waals surface area contributed by atoms with Crippen LogP contribution in [0.25, 0.3) is 0 Å². The summed E-state index contributed by atoms with van der Waals surface area (Å²) in [4.78, 5) is 22.8. The number of aldehydes is 1. The van der Waals surface area contributed by atoms with Crippen LogP contribution in [0.15, 0.2) is 53.0 Å². The van der Waals surface area contributed by atoms with Crippen molar-refractivity contribution in [2.45, 2.75) is 0 Å². The summed E-state index contributed by atoms with van der Waals surface area (Å²) in [6.45, 7) is 0. The second-order valence-electron chi connectivity index (χ2n) is 3.67. The third-order valence-electron chi connectivity index (χ3n) is 2.43. The van der Waals surface area contributed by atoms with Crippen LogP contribution in [-0.2, 0) is 0 Å². The third-order valence-corrected chi connectivity index (χ3v) is 2.92. The summed E-state index contributed by atoms with van der Waals surface area (Å²) < 4.78 is 0.802. The number of carbonyl (C=O) groups excluding carboxylic acids is 2. The maximum Gasteiger partial charge on any atom is 0.255 e. The lowest BCUT2D eigenvalue weighted by Crippen LogP contribution is -2.13. The Morgan fingerprint density at radius 1 is 1.11 bits per heavy atom.